The first-order chi connectivity index (χ1) is 28.9. The zero-order valence-corrected chi connectivity index (χ0v) is 36.2. The molecule has 2 saturated heterocycles. The predicted octanol–water partition coefficient (Wildman–Crippen LogP) is -5.55. The molecule has 10 N–H and O–H groups in total. The minimum Gasteiger partial charge on any atom is -0.756 e. The third-order valence-electron chi connectivity index (χ3n) is 8.85. The number of hydrogen-bond acceptors (Lipinski definition) is 27. The first kappa shape index (κ1) is 52.0. The van der Waals surface area contributed by atoms with Gasteiger partial charge in [-0.1, -0.05) is 13.8 Å². The Balaban J connectivity index is 1.40. The summed E-state index contributed by atoms with van der Waals surface area (Å²) in [6, 6.07) is -1.30. The number of amides is 2. The van der Waals surface area contributed by atoms with Crippen molar-refractivity contribution in [2.45, 2.75) is 81.6 Å². The fraction of sp³-hybridized carbons (Fsp3) is 0.724. The number of fused-ring (bicyclic) bond motifs is 1. The highest BCUT2D eigenvalue weighted by molar-refractivity contribution is 7.80. The molecule has 4 heterocycles. The van der Waals surface area contributed by atoms with Crippen molar-refractivity contribution >= 4 is 71.2 Å². The smallest absolute Gasteiger partial charge is 0.274 e. The average Bonchev–Trinajstić information content (AvgIpc) is 3.86. The summed E-state index contributed by atoms with van der Waals surface area (Å²) in [5.74, 6) is -1.10. The Labute approximate surface area is 356 Å². The summed E-state index contributed by atoms with van der Waals surface area (Å²) in [5, 5.41) is 48.0. The van der Waals surface area contributed by atoms with Crippen molar-refractivity contribution in [3.05, 3.63) is 12.7 Å². The molecule has 2 aromatic heterocycles. The van der Waals surface area contributed by atoms with Gasteiger partial charge in [0.1, 0.15) is 60.9 Å². The van der Waals surface area contributed by atoms with E-state index < -0.39 is 128 Å². The van der Waals surface area contributed by atoms with Crippen LogP contribution in [0.25, 0.3) is 11.2 Å². The Bertz CT molecular complexity index is 2000. The maximum atomic E-state index is 12.7. The minimum absolute atomic E-state index is 0.00956. The minimum atomic E-state index is -5.90. The molecule has 0 radical (unpaired) electrons. The molecule has 0 spiro atoms. The van der Waals surface area contributed by atoms with Crippen LogP contribution in [0.1, 0.15) is 26.5 Å². The molecule has 0 bridgehead atoms. The second-order valence-electron chi connectivity index (χ2n) is 14.2. The number of anilines is 1. The lowest BCUT2D eigenvalue weighted by molar-refractivity contribution is -0.247. The van der Waals surface area contributed by atoms with E-state index in [1.807, 2.05) is 0 Å². The molecule has 29 nitrogen and oxygen atoms in total. The highest BCUT2D eigenvalue weighted by Gasteiger charge is 2.52. The number of phosphoric acid groups is 3. The summed E-state index contributed by atoms with van der Waals surface area (Å²) in [5.41, 5.74) is 9.53. The average molecular weight is 968 g/mol. The molecule has 2 aliphatic rings. The standard InChI is InChI=1S/C29H49N8O21P3S/c1-29(2,23(43)26(44)33-4-3-17(39)32-5-6-62)11-54-61(49,50)58-60(47,48)53-10-16-20(41)22(27(55-16)37-13-36-18-24(31)34-12-35-25(18)37)57-28-21(42)19(40)15(56-28)9-52-59(45,46)51-8-14(30)7-38/h7,12-16,19-23,27-28,40-43,62H,3-6,8-11,30H2,1-2H3,(H,32,39)(H,33,44)(H,45,46)(H,47,48)(H,49,50)(H2,31,34,35)/p-3. The number of aromatic nitrogens is 4. The fourth-order valence-electron chi connectivity index (χ4n) is 5.51. The molecular weight excluding hydrogens is 921 g/mol. The van der Waals surface area contributed by atoms with E-state index in [-0.39, 0.29) is 42.8 Å². The van der Waals surface area contributed by atoms with E-state index in [0.717, 1.165) is 17.2 Å². The number of nitrogens with one attached hydrogen (secondary N) is 2. The number of imidazole rings is 1. The van der Waals surface area contributed by atoms with Crippen LogP contribution >= 0.6 is 36.1 Å². The van der Waals surface area contributed by atoms with Crippen LogP contribution in [0.3, 0.4) is 0 Å². The number of nitrogen functional groups attached to an aromatic ring is 1. The molecule has 2 amide bonds. The molecule has 0 aliphatic carbocycles. The number of hydrogen-bond donors (Lipinski definition) is 9. The monoisotopic (exact) mass is 967 g/mol. The number of nitrogens with two attached hydrogens (primary N) is 2. The van der Waals surface area contributed by atoms with Crippen LogP contribution in [0.15, 0.2) is 12.7 Å². The fourth-order valence-corrected chi connectivity index (χ4v) is 8.56. The number of aliphatic hydroxyl groups is 4. The largest absolute Gasteiger partial charge is 0.756 e. The number of rotatable bonds is 25. The highest BCUT2D eigenvalue weighted by Crippen LogP contribution is 2.56. The first-order valence-electron chi connectivity index (χ1n) is 18.1. The third kappa shape index (κ3) is 14.2. The van der Waals surface area contributed by atoms with Crippen LogP contribution in [-0.4, -0.2) is 158 Å². The van der Waals surface area contributed by atoms with E-state index in [0.29, 0.717) is 5.75 Å². The number of phosphoric ester groups is 3. The van der Waals surface area contributed by atoms with E-state index >= 15 is 0 Å². The quantitative estimate of drug-likeness (QED) is 0.0254. The van der Waals surface area contributed by atoms with E-state index in [4.69, 9.17) is 30.2 Å². The lowest BCUT2D eigenvalue weighted by Gasteiger charge is -2.35. The van der Waals surface area contributed by atoms with Gasteiger partial charge >= 0.3 is 0 Å². The zero-order valence-electron chi connectivity index (χ0n) is 32.6. The lowest BCUT2D eigenvalue weighted by atomic mass is 9.87. The Morgan fingerprint density at radius 2 is 1.61 bits per heavy atom. The van der Waals surface area contributed by atoms with Gasteiger partial charge in [-0.05, 0) is 0 Å². The number of ether oxygens (including phenoxy) is 3. The molecule has 2 fully saturated rings. The Morgan fingerprint density at radius 1 is 0.968 bits per heavy atom. The molecular formula is C29H46N8O21P3S-3. The Morgan fingerprint density at radius 3 is 2.27 bits per heavy atom. The van der Waals surface area contributed by atoms with Gasteiger partial charge in [0.05, 0.1) is 38.8 Å². The van der Waals surface area contributed by atoms with E-state index in [2.05, 4.69) is 56.1 Å². The van der Waals surface area contributed by atoms with Crippen molar-refractivity contribution in [2.24, 2.45) is 11.1 Å². The van der Waals surface area contributed by atoms with Crippen molar-refractivity contribution in [2.75, 3.05) is 51.0 Å². The number of thiol groups is 1. The van der Waals surface area contributed by atoms with Gasteiger partial charge in [-0.3, -0.25) is 27.9 Å². The number of aliphatic hydroxyl groups excluding tert-OH is 4. The van der Waals surface area contributed by atoms with Crippen molar-refractivity contribution in [1.82, 2.24) is 30.2 Å². The molecule has 0 saturated carbocycles. The third-order valence-corrected chi connectivity index (χ3v) is 12.5. The van der Waals surface area contributed by atoms with Crippen molar-refractivity contribution in [1.29, 1.82) is 0 Å². The van der Waals surface area contributed by atoms with E-state index in [1.165, 1.54) is 13.8 Å². The zero-order chi connectivity index (χ0) is 46.2. The van der Waals surface area contributed by atoms with Crippen LogP contribution in [0.2, 0.25) is 0 Å². The van der Waals surface area contributed by atoms with Gasteiger partial charge in [0, 0.05) is 30.7 Å². The second-order valence-corrected chi connectivity index (χ2v) is 19.0. The predicted molar refractivity (Wildman–Crippen MR) is 201 cm³/mol. The van der Waals surface area contributed by atoms with Crippen molar-refractivity contribution < 1.29 is 99.8 Å². The van der Waals surface area contributed by atoms with Gasteiger partial charge < -0.3 is 94.3 Å². The van der Waals surface area contributed by atoms with Gasteiger partial charge in [-0.2, -0.15) is 12.6 Å². The summed E-state index contributed by atoms with van der Waals surface area (Å²) >= 11 is 3.95. The SMILES string of the molecule is CC(C)(COP(=O)([O-])OP(=O)([O-])OCC1OC(n2cnc3c(N)ncnc32)C(OC2OC(COP(=O)([O-])OCC(N)C=O)C(O)C2O)C1O)C(O)C(=O)NCCC(=O)NCCS. The van der Waals surface area contributed by atoms with Gasteiger partial charge in [-0.15, -0.1) is 0 Å². The van der Waals surface area contributed by atoms with E-state index in [9.17, 15) is 63.2 Å². The van der Waals surface area contributed by atoms with Crippen LogP contribution in [0, 0.1) is 5.41 Å². The normalized spacial score (nSPS) is 28.1. The number of carbonyl (C=O) groups is 3. The molecule has 62 heavy (non-hydrogen) atoms. The Kier molecular flexibility index (Phi) is 18.5. The molecule has 13 unspecified atom stereocenters. The van der Waals surface area contributed by atoms with Crippen LogP contribution in [0.5, 0.6) is 0 Å². The maximum absolute atomic E-state index is 12.7. The second kappa shape index (κ2) is 22.0. The lowest BCUT2D eigenvalue weighted by Crippen LogP contribution is -2.46. The van der Waals surface area contributed by atoms with Crippen molar-refractivity contribution in [3.63, 3.8) is 0 Å². The summed E-state index contributed by atoms with van der Waals surface area (Å²) in [7, 11) is -16.8. The summed E-state index contributed by atoms with van der Waals surface area (Å²) in [4.78, 5) is 84.2. The number of nitrogens with zero attached hydrogens (tertiary/aromatic N) is 4. The number of carbonyl (C=O) groups excluding carboxylic acids is 3. The molecule has 33 heteroatoms. The molecule has 13 atom stereocenters. The van der Waals surface area contributed by atoms with Gasteiger partial charge in [-0.25, -0.2) is 19.3 Å². The van der Waals surface area contributed by atoms with Crippen LogP contribution in [-0.2, 0) is 64.7 Å². The molecule has 2 aliphatic heterocycles. The Hall–Kier alpha value is -2.64. The summed E-state index contributed by atoms with van der Waals surface area (Å²) in [6.45, 7) is -1.33. The van der Waals surface area contributed by atoms with Gasteiger partial charge in [0.2, 0.25) is 11.8 Å². The summed E-state index contributed by atoms with van der Waals surface area (Å²) < 4.78 is 78.3. The molecule has 2 aromatic rings. The summed E-state index contributed by atoms with van der Waals surface area (Å²) in [6.07, 6.45) is -13.9. The first-order valence-corrected chi connectivity index (χ1v) is 23.1. The van der Waals surface area contributed by atoms with Crippen LogP contribution in [0.4, 0.5) is 5.82 Å². The van der Waals surface area contributed by atoms with Crippen LogP contribution < -0.4 is 36.8 Å². The van der Waals surface area contributed by atoms with Crippen molar-refractivity contribution in [3.8, 4) is 0 Å². The van der Waals surface area contributed by atoms with E-state index in [1.54, 1.807) is 0 Å². The maximum Gasteiger partial charge on any atom is 0.274 e. The van der Waals surface area contributed by atoms with Gasteiger partial charge in [0.25, 0.3) is 23.5 Å². The molecule has 4 rings (SSSR count). The topological polar surface area (TPSA) is 446 Å². The molecule has 0 aromatic carbocycles. The molecule has 352 valence electrons. The van der Waals surface area contributed by atoms with Gasteiger partial charge in [0.15, 0.2) is 24.0 Å². The highest BCUT2D eigenvalue weighted by atomic mass is 32.1. The number of aldehydes is 1.